The first-order chi connectivity index (χ1) is 11.5. The molecular weight excluding hydrogens is 328 g/mol. The first kappa shape index (κ1) is 15.9. The van der Waals surface area contributed by atoms with E-state index in [-0.39, 0.29) is 16.3 Å². The summed E-state index contributed by atoms with van der Waals surface area (Å²) in [6.45, 7) is 1.87. The zero-order chi connectivity index (χ0) is 17.2. The van der Waals surface area contributed by atoms with Crippen molar-refractivity contribution in [3.05, 3.63) is 72.3 Å². The van der Waals surface area contributed by atoms with Crippen LogP contribution in [0.1, 0.15) is 16.1 Å². The molecule has 0 radical (unpaired) electrons. The van der Waals surface area contributed by atoms with E-state index in [0.717, 1.165) is 9.65 Å². The minimum atomic E-state index is -3.80. The highest BCUT2D eigenvalue weighted by Crippen LogP contribution is 2.16. The second-order valence-electron chi connectivity index (χ2n) is 5.09. The number of benzene rings is 1. The molecule has 1 N–H and O–H groups in total. The lowest BCUT2D eigenvalue weighted by atomic mass is 10.2. The van der Waals surface area contributed by atoms with Crippen LogP contribution < -0.4 is 5.32 Å². The SMILES string of the molecule is Cc1ccc(S(=O)(=O)n2cc(NC(=O)c3ccccn3)cn2)cc1. The van der Waals surface area contributed by atoms with E-state index in [2.05, 4.69) is 15.4 Å². The van der Waals surface area contributed by atoms with Crippen LogP contribution in [-0.4, -0.2) is 28.5 Å². The van der Waals surface area contributed by atoms with Crippen molar-refractivity contribution in [2.24, 2.45) is 0 Å². The minimum absolute atomic E-state index is 0.124. The molecule has 2 aromatic heterocycles. The van der Waals surface area contributed by atoms with Crippen molar-refractivity contribution in [3.8, 4) is 0 Å². The molecular formula is C16H14N4O3S. The number of rotatable bonds is 4. The van der Waals surface area contributed by atoms with E-state index < -0.39 is 15.9 Å². The zero-order valence-electron chi connectivity index (χ0n) is 12.7. The number of hydrogen-bond donors (Lipinski definition) is 1. The number of amides is 1. The second-order valence-corrected chi connectivity index (χ2v) is 6.88. The third-order valence-corrected chi connectivity index (χ3v) is 4.84. The number of nitrogens with zero attached hydrogens (tertiary/aromatic N) is 3. The summed E-state index contributed by atoms with van der Waals surface area (Å²) in [6.07, 6.45) is 4.02. The average molecular weight is 342 g/mol. The van der Waals surface area contributed by atoms with Gasteiger partial charge < -0.3 is 5.32 Å². The van der Waals surface area contributed by atoms with Gasteiger partial charge in [0.1, 0.15) is 5.69 Å². The predicted octanol–water partition coefficient (Wildman–Crippen LogP) is 2.08. The largest absolute Gasteiger partial charge is 0.318 e. The van der Waals surface area contributed by atoms with E-state index in [1.807, 2.05) is 6.92 Å². The molecule has 3 aromatic rings. The molecule has 0 fully saturated rings. The van der Waals surface area contributed by atoms with E-state index in [4.69, 9.17) is 0 Å². The maximum Gasteiger partial charge on any atom is 0.283 e. The normalized spacial score (nSPS) is 11.2. The summed E-state index contributed by atoms with van der Waals surface area (Å²) in [6, 6.07) is 11.4. The Kier molecular flexibility index (Phi) is 4.13. The lowest BCUT2D eigenvalue weighted by Crippen LogP contribution is -2.14. The molecule has 122 valence electrons. The fourth-order valence-corrected chi connectivity index (χ4v) is 3.13. The van der Waals surface area contributed by atoms with E-state index in [0.29, 0.717) is 0 Å². The number of carbonyl (C=O) groups excluding carboxylic acids is 1. The molecule has 7 nitrogen and oxygen atoms in total. The Labute approximate surface area is 139 Å². The number of pyridine rings is 1. The van der Waals surface area contributed by atoms with Crippen LogP contribution in [0.2, 0.25) is 0 Å². The van der Waals surface area contributed by atoms with Crippen LogP contribution in [0.4, 0.5) is 5.69 Å². The molecule has 0 saturated carbocycles. The van der Waals surface area contributed by atoms with Gasteiger partial charge in [-0.3, -0.25) is 9.78 Å². The third-order valence-electron chi connectivity index (χ3n) is 3.28. The van der Waals surface area contributed by atoms with Gasteiger partial charge in [0.05, 0.1) is 23.0 Å². The van der Waals surface area contributed by atoms with Gasteiger partial charge in [-0.25, -0.2) is 0 Å². The number of nitrogens with one attached hydrogen (secondary N) is 1. The first-order valence-corrected chi connectivity index (χ1v) is 8.50. The van der Waals surface area contributed by atoms with Crippen molar-refractivity contribution in [1.82, 2.24) is 14.2 Å². The summed E-state index contributed by atoms with van der Waals surface area (Å²) in [5.74, 6) is -0.442. The standard InChI is InChI=1S/C16H14N4O3S/c1-12-5-7-14(8-6-12)24(22,23)20-11-13(10-18-20)19-16(21)15-4-2-3-9-17-15/h2-11H,1H3,(H,19,21). The summed E-state index contributed by atoms with van der Waals surface area (Å²) < 4.78 is 25.8. The molecule has 1 amide bonds. The molecule has 24 heavy (non-hydrogen) atoms. The highest BCUT2D eigenvalue weighted by molar-refractivity contribution is 7.89. The molecule has 2 heterocycles. The summed E-state index contributed by atoms with van der Waals surface area (Å²) in [7, 11) is -3.80. The summed E-state index contributed by atoms with van der Waals surface area (Å²) >= 11 is 0. The van der Waals surface area contributed by atoms with E-state index in [9.17, 15) is 13.2 Å². The van der Waals surface area contributed by atoms with Gasteiger partial charge in [0.15, 0.2) is 0 Å². The van der Waals surface area contributed by atoms with E-state index >= 15 is 0 Å². The van der Waals surface area contributed by atoms with Gasteiger partial charge in [-0.1, -0.05) is 23.8 Å². The zero-order valence-corrected chi connectivity index (χ0v) is 13.6. The van der Waals surface area contributed by atoms with Crippen molar-refractivity contribution in [2.45, 2.75) is 11.8 Å². The van der Waals surface area contributed by atoms with Gasteiger partial charge in [-0.2, -0.15) is 17.6 Å². The molecule has 0 aliphatic carbocycles. The van der Waals surface area contributed by atoms with Crippen LogP contribution in [0.15, 0.2) is 66.0 Å². The highest BCUT2D eigenvalue weighted by Gasteiger charge is 2.18. The maximum atomic E-state index is 12.5. The number of carbonyl (C=O) groups is 1. The average Bonchev–Trinajstić information content (AvgIpc) is 3.05. The van der Waals surface area contributed by atoms with Crippen LogP contribution in [0.25, 0.3) is 0 Å². The smallest absolute Gasteiger partial charge is 0.283 e. The van der Waals surface area contributed by atoms with Gasteiger partial charge in [0, 0.05) is 6.20 Å². The van der Waals surface area contributed by atoms with Crippen LogP contribution in [-0.2, 0) is 10.0 Å². The molecule has 3 rings (SSSR count). The monoisotopic (exact) mass is 342 g/mol. The third kappa shape index (κ3) is 3.18. The quantitative estimate of drug-likeness (QED) is 0.783. The van der Waals surface area contributed by atoms with Gasteiger partial charge in [0.2, 0.25) is 0 Å². The predicted molar refractivity (Wildman–Crippen MR) is 88.2 cm³/mol. The van der Waals surface area contributed by atoms with Crippen molar-refractivity contribution in [2.75, 3.05) is 5.32 Å². The molecule has 0 aliphatic rings. The molecule has 0 bridgehead atoms. The summed E-state index contributed by atoms with van der Waals surface area (Å²) in [4.78, 5) is 16.1. The Balaban J connectivity index is 1.83. The number of aromatic nitrogens is 3. The van der Waals surface area contributed by atoms with Gasteiger partial charge in [-0.05, 0) is 31.2 Å². The Morgan fingerprint density at radius 2 is 1.88 bits per heavy atom. The molecule has 0 unspecified atom stereocenters. The summed E-state index contributed by atoms with van der Waals surface area (Å²) in [5.41, 5.74) is 1.45. The minimum Gasteiger partial charge on any atom is -0.318 e. The topological polar surface area (TPSA) is 94.0 Å². The van der Waals surface area contributed by atoms with Crippen LogP contribution >= 0.6 is 0 Å². The highest BCUT2D eigenvalue weighted by atomic mass is 32.2. The molecule has 0 saturated heterocycles. The van der Waals surface area contributed by atoms with Gasteiger partial charge in [0.25, 0.3) is 15.9 Å². The number of aryl methyl sites for hydroxylation is 1. The second kappa shape index (κ2) is 6.25. The Morgan fingerprint density at radius 3 is 2.54 bits per heavy atom. The number of anilines is 1. The van der Waals surface area contributed by atoms with Gasteiger partial charge in [-0.15, -0.1) is 0 Å². The van der Waals surface area contributed by atoms with Crippen LogP contribution in [0, 0.1) is 6.92 Å². The Morgan fingerprint density at radius 1 is 1.12 bits per heavy atom. The Bertz CT molecular complexity index is 964. The summed E-state index contributed by atoms with van der Waals surface area (Å²) in [5, 5.41) is 6.39. The first-order valence-electron chi connectivity index (χ1n) is 7.06. The van der Waals surface area contributed by atoms with Crippen LogP contribution in [0.3, 0.4) is 0 Å². The van der Waals surface area contributed by atoms with Crippen molar-refractivity contribution in [3.63, 3.8) is 0 Å². The van der Waals surface area contributed by atoms with Crippen molar-refractivity contribution in [1.29, 1.82) is 0 Å². The molecule has 0 spiro atoms. The van der Waals surface area contributed by atoms with E-state index in [1.165, 1.54) is 30.7 Å². The van der Waals surface area contributed by atoms with E-state index in [1.54, 1.807) is 30.3 Å². The number of hydrogen-bond acceptors (Lipinski definition) is 5. The molecule has 0 aliphatic heterocycles. The van der Waals surface area contributed by atoms with Gasteiger partial charge >= 0.3 is 0 Å². The fraction of sp³-hybridized carbons (Fsp3) is 0.0625. The fourth-order valence-electron chi connectivity index (χ4n) is 2.01. The lowest BCUT2D eigenvalue weighted by molar-refractivity contribution is 0.102. The lowest BCUT2D eigenvalue weighted by Gasteiger charge is -2.04. The maximum absolute atomic E-state index is 12.5. The Hall–Kier alpha value is -3.00. The van der Waals surface area contributed by atoms with Crippen molar-refractivity contribution < 1.29 is 13.2 Å². The van der Waals surface area contributed by atoms with Crippen molar-refractivity contribution >= 4 is 21.6 Å². The molecule has 0 atom stereocenters. The molecule has 1 aromatic carbocycles. The molecule has 8 heteroatoms. The van der Waals surface area contributed by atoms with Crippen LogP contribution in [0.5, 0.6) is 0 Å².